The van der Waals surface area contributed by atoms with Crippen LogP contribution in [-0.2, 0) is 0 Å². The monoisotopic (exact) mass is 464 g/mol. The molecule has 0 aliphatic heterocycles. The Hall–Kier alpha value is -5.12. The smallest absolute Gasteiger partial charge is 0.294 e. The van der Waals surface area contributed by atoms with Gasteiger partial charge in [0.15, 0.2) is 5.69 Å². The Morgan fingerprint density at radius 3 is 2.31 bits per heavy atom. The van der Waals surface area contributed by atoms with Gasteiger partial charge >= 0.3 is 0 Å². The number of hydrogen-bond donors (Lipinski definition) is 2. The highest BCUT2D eigenvalue weighted by Crippen LogP contribution is 2.26. The van der Waals surface area contributed by atoms with Gasteiger partial charge in [-0.3, -0.25) is 4.79 Å². The first kappa shape index (κ1) is 21.7. The lowest BCUT2D eigenvalue weighted by atomic mass is 10.0. The summed E-state index contributed by atoms with van der Waals surface area (Å²) < 4.78 is 6.01. The molecular weight excluding hydrogens is 444 g/mol. The molecule has 1 amide bonds. The number of carbonyl (C=O) groups is 1. The third kappa shape index (κ3) is 4.53. The number of nitrogens with one attached hydrogen (secondary N) is 1. The maximum absolute atomic E-state index is 13.0. The Labute approximate surface area is 200 Å². The average molecular weight is 464 g/mol. The largest absolute Gasteiger partial charge is 0.378 e. The molecule has 0 atom stereocenters. The fourth-order valence-corrected chi connectivity index (χ4v) is 3.50. The average Bonchev–Trinajstić information content (AvgIpc) is 3.51. The van der Waals surface area contributed by atoms with E-state index in [0.717, 1.165) is 22.3 Å². The second-order valence-corrected chi connectivity index (χ2v) is 7.72. The van der Waals surface area contributed by atoms with Crippen LogP contribution in [0.25, 0.3) is 28.2 Å². The van der Waals surface area contributed by atoms with Gasteiger partial charge in [-0.05, 0) is 33.9 Å². The van der Waals surface area contributed by atoms with Gasteiger partial charge < -0.3 is 5.73 Å². The molecule has 3 N–H and O–H groups in total. The van der Waals surface area contributed by atoms with Crippen molar-refractivity contribution in [3.8, 4) is 28.2 Å². The number of amides is 1. The summed E-state index contributed by atoms with van der Waals surface area (Å²) in [7, 11) is 0. The number of aromatic nitrogens is 5. The number of benzene rings is 3. The minimum absolute atomic E-state index is 0.0205. The van der Waals surface area contributed by atoms with Crippen molar-refractivity contribution in [2.45, 2.75) is 6.92 Å². The topological polar surface area (TPSA) is 137 Å². The molecule has 10 nitrogen and oxygen atoms in total. The number of rotatable bonds is 6. The highest BCUT2D eigenvalue weighted by atomic mass is 16.6. The maximum Gasteiger partial charge on any atom is 0.294 e. The molecule has 5 rings (SSSR count). The van der Waals surface area contributed by atoms with Crippen LogP contribution < -0.4 is 11.2 Å². The van der Waals surface area contributed by atoms with Gasteiger partial charge in [-0.15, -0.1) is 5.10 Å². The highest BCUT2D eigenvalue weighted by molar-refractivity contribution is 5.98. The molecule has 172 valence electrons. The third-order valence-electron chi connectivity index (χ3n) is 5.30. The molecule has 0 aliphatic rings. The molecule has 0 saturated carbocycles. The van der Waals surface area contributed by atoms with Gasteiger partial charge in [-0.2, -0.15) is 9.78 Å². The standard InChI is InChI=1S/C25H20N8O2/c1-16-7-11-20(12-8-16)22-21(28-32-33(22)24-23(26)30-35-31-24)25(34)29-27-15-17-9-13-19(14-10-17)18-5-3-2-4-6-18/h2-15H,1H3,(H2,26,30)(H,29,34). The van der Waals surface area contributed by atoms with Crippen molar-refractivity contribution >= 4 is 17.9 Å². The van der Waals surface area contributed by atoms with E-state index < -0.39 is 5.91 Å². The fourth-order valence-electron chi connectivity index (χ4n) is 3.50. The van der Waals surface area contributed by atoms with E-state index in [9.17, 15) is 4.79 Å². The van der Waals surface area contributed by atoms with E-state index in [2.05, 4.69) is 31.2 Å². The van der Waals surface area contributed by atoms with Gasteiger partial charge in [0.05, 0.1) is 6.21 Å². The zero-order chi connectivity index (χ0) is 24.2. The van der Waals surface area contributed by atoms with Gasteiger partial charge in [0.2, 0.25) is 11.6 Å². The molecule has 2 aromatic heterocycles. The predicted molar refractivity (Wildman–Crippen MR) is 131 cm³/mol. The molecule has 0 bridgehead atoms. The van der Waals surface area contributed by atoms with Crippen molar-refractivity contribution in [1.82, 2.24) is 30.7 Å². The maximum atomic E-state index is 13.0. The molecule has 5 aromatic rings. The van der Waals surface area contributed by atoms with Gasteiger partial charge in [0.25, 0.3) is 5.91 Å². The molecule has 0 aliphatic carbocycles. The van der Waals surface area contributed by atoms with E-state index in [4.69, 9.17) is 10.4 Å². The van der Waals surface area contributed by atoms with Gasteiger partial charge in [-0.1, -0.05) is 89.6 Å². The molecule has 0 fully saturated rings. The minimum Gasteiger partial charge on any atom is -0.378 e. The number of hydrazone groups is 1. The Balaban J connectivity index is 1.38. The quantitative estimate of drug-likeness (QED) is 0.289. The lowest BCUT2D eigenvalue weighted by Gasteiger charge is -2.06. The molecular formula is C25H20N8O2. The molecule has 0 spiro atoms. The van der Waals surface area contributed by atoms with E-state index in [0.29, 0.717) is 11.3 Å². The Morgan fingerprint density at radius 2 is 1.63 bits per heavy atom. The number of anilines is 1. The molecule has 0 radical (unpaired) electrons. The Kier molecular flexibility index (Phi) is 5.83. The van der Waals surface area contributed by atoms with E-state index in [1.54, 1.807) is 6.21 Å². The first-order chi connectivity index (χ1) is 17.1. The molecule has 10 heteroatoms. The summed E-state index contributed by atoms with van der Waals surface area (Å²) in [5, 5.41) is 19.6. The Bertz CT molecular complexity index is 1490. The summed E-state index contributed by atoms with van der Waals surface area (Å²) in [6.45, 7) is 1.97. The lowest BCUT2D eigenvalue weighted by molar-refractivity contribution is 0.0950. The third-order valence-corrected chi connectivity index (χ3v) is 5.30. The Morgan fingerprint density at radius 1 is 0.943 bits per heavy atom. The molecule has 2 heterocycles. The molecule has 0 saturated heterocycles. The van der Waals surface area contributed by atoms with Crippen molar-refractivity contribution < 1.29 is 9.42 Å². The van der Waals surface area contributed by atoms with E-state index in [1.165, 1.54) is 4.68 Å². The number of nitrogens with zero attached hydrogens (tertiary/aromatic N) is 6. The number of carbonyl (C=O) groups excluding carboxylic acids is 1. The van der Waals surface area contributed by atoms with Crippen molar-refractivity contribution in [2.75, 3.05) is 5.73 Å². The second-order valence-electron chi connectivity index (χ2n) is 7.72. The number of aryl methyl sites for hydroxylation is 1. The van der Waals surface area contributed by atoms with Gasteiger partial charge in [-0.25, -0.2) is 10.1 Å². The van der Waals surface area contributed by atoms with Crippen LogP contribution in [0, 0.1) is 6.92 Å². The summed E-state index contributed by atoms with van der Waals surface area (Å²) in [5.41, 5.74) is 13.6. The lowest BCUT2D eigenvalue weighted by Crippen LogP contribution is -2.19. The van der Waals surface area contributed by atoms with E-state index in [-0.39, 0.29) is 17.3 Å². The predicted octanol–water partition coefficient (Wildman–Crippen LogP) is 3.64. The first-order valence-electron chi connectivity index (χ1n) is 10.7. The van der Waals surface area contributed by atoms with Crippen molar-refractivity contribution in [3.63, 3.8) is 0 Å². The second kappa shape index (κ2) is 9.40. The highest BCUT2D eigenvalue weighted by Gasteiger charge is 2.25. The van der Waals surface area contributed by atoms with Crippen LogP contribution in [0.5, 0.6) is 0 Å². The van der Waals surface area contributed by atoms with Crippen molar-refractivity contribution in [1.29, 1.82) is 0 Å². The van der Waals surface area contributed by atoms with Crippen LogP contribution in [-0.4, -0.2) is 37.4 Å². The number of hydrogen-bond acceptors (Lipinski definition) is 8. The summed E-state index contributed by atoms with van der Waals surface area (Å²) in [4.78, 5) is 13.0. The minimum atomic E-state index is -0.543. The molecule has 0 unspecified atom stereocenters. The van der Waals surface area contributed by atoms with Gasteiger partial charge in [0, 0.05) is 5.56 Å². The van der Waals surface area contributed by atoms with Crippen LogP contribution in [0.4, 0.5) is 5.82 Å². The zero-order valence-electron chi connectivity index (χ0n) is 18.7. The SMILES string of the molecule is Cc1ccc(-c2c(C(=O)NN=Cc3ccc(-c4ccccc4)cc3)nnn2-c2nonc2N)cc1. The summed E-state index contributed by atoms with van der Waals surface area (Å²) in [6, 6.07) is 25.4. The van der Waals surface area contributed by atoms with Crippen LogP contribution in [0.3, 0.4) is 0 Å². The van der Waals surface area contributed by atoms with E-state index in [1.807, 2.05) is 85.8 Å². The fraction of sp³-hybridized carbons (Fsp3) is 0.0400. The van der Waals surface area contributed by atoms with E-state index >= 15 is 0 Å². The van der Waals surface area contributed by atoms with Crippen LogP contribution in [0.1, 0.15) is 21.6 Å². The van der Waals surface area contributed by atoms with Crippen molar-refractivity contribution in [2.24, 2.45) is 5.10 Å². The molecule has 35 heavy (non-hydrogen) atoms. The summed E-state index contributed by atoms with van der Waals surface area (Å²) in [6.07, 6.45) is 1.56. The van der Waals surface area contributed by atoms with Crippen molar-refractivity contribution in [3.05, 3.63) is 95.7 Å². The van der Waals surface area contributed by atoms with Crippen LogP contribution in [0.15, 0.2) is 88.6 Å². The normalized spacial score (nSPS) is 11.1. The summed E-state index contributed by atoms with van der Waals surface area (Å²) >= 11 is 0. The number of nitrogen functional groups attached to an aromatic ring is 1. The zero-order valence-corrected chi connectivity index (χ0v) is 18.7. The summed E-state index contributed by atoms with van der Waals surface area (Å²) in [5.74, 6) is -0.389. The van der Waals surface area contributed by atoms with Gasteiger partial charge in [0.1, 0.15) is 5.69 Å². The van der Waals surface area contributed by atoms with Crippen LogP contribution in [0.2, 0.25) is 0 Å². The first-order valence-corrected chi connectivity index (χ1v) is 10.7. The molecule has 3 aromatic carbocycles. The van der Waals surface area contributed by atoms with Crippen LogP contribution >= 0.6 is 0 Å². The number of nitrogens with two attached hydrogens (primary N) is 1.